The fourth-order valence-electron chi connectivity index (χ4n) is 2.81. The van der Waals surface area contributed by atoms with Gasteiger partial charge in [0, 0.05) is 5.39 Å². The predicted octanol–water partition coefficient (Wildman–Crippen LogP) is 5.54. The molecule has 0 saturated heterocycles. The van der Waals surface area contributed by atoms with Crippen LogP contribution in [0.3, 0.4) is 0 Å². The van der Waals surface area contributed by atoms with E-state index in [0.29, 0.717) is 6.04 Å². The monoisotopic (exact) mass is 356 g/mol. The molecule has 0 unspecified atom stereocenters. The van der Waals surface area contributed by atoms with Crippen LogP contribution >= 0.6 is 15.9 Å². The highest BCUT2D eigenvalue weighted by Crippen LogP contribution is 2.40. The number of halogens is 1. The maximum atomic E-state index is 6.18. The van der Waals surface area contributed by atoms with Gasteiger partial charge in [-0.15, -0.1) is 0 Å². The molecule has 1 aliphatic rings. The smallest absolute Gasteiger partial charge is 0.142 e. The number of rotatable bonds is 3. The second-order valence-electron chi connectivity index (χ2n) is 5.98. The molecule has 0 N–H and O–H groups in total. The third kappa shape index (κ3) is 2.31. The fraction of sp³-hybridized carbons (Fsp3) is 0.278. The van der Waals surface area contributed by atoms with Crippen LogP contribution in [0.4, 0.5) is 0 Å². The summed E-state index contributed by atoms with van der Waals surface area (Å²) < 4.78 is 9.27. The zero-order chi connectivity index (χ0) is 15.3. The van der Waals surface area contributed by atoms with Crippen LogP contribution in [-0.4, -0.2) is 9.78 Å². The minimum atomic E-state index is 0.579. The van der Waals surface area contributed by atoms with E-state index in [2.05, 4.69) is 69.9 Å². The molecule has 0 radical (unpaired) electrons. The van der Waals surface area contributed by atoms with Gasteiger partial charge >= 0.3 is 0 Å². The van der Waals surface area contributed by atoms with Crippen molar-refractivity contribution in [2.75, 3.05) is 0 Å². The van der Waals surface area contributed by atoms with Crippen molar-refractivity contribution in [3.63, 3.8) is 0 Å². The van der Waals surface area contributed by atoms with E-state index in [9.17, 15) is 0 Å². The van der Waals surface area contributed by atoms with Gasteiger partial charge in [-0.1, -0.05) is 18.2 Å². The van der Waals surface area contributed by atoms with Crippen LogP contribution in [0.25, 0.3) is 10.9 Å². The number of nitrogens with zero attached hydrogens (tertiary/aromatic N) is 2. The van der Waals surface area contributed by atoms with Crippen molar-refractivity contribution >= 4 is 26.8 Å². The quantitative estimate of drug-likeness (QED) is 0.615. The lowest BCUT2D eigenvalue weighted by Crippen LogP contribution is -1.96. The summed E-state index contributed by atoms with van der Waals surface area (Å²) in [7, 11) is 0. The van der Waals surface area contributed by atoms with Gasteiger partial charge in [-0.3, -0.25) is 4.68 Å². The standard InChI is InChI=1S/C18H17BrN2O/c1-11-4-3-5-12(2)18(11)22-17-8-13-10-20-21(14-6-7-14)16(13)9-15(17)19/h3-5,8-10,14H,6-7H2,1-2H3. The number of hydrogen-bond acceptors (Lipinski definition) is 2. The van der Waals surface area contributed by atoms with Crippen LogP contribution in [0.1, 0.15) is 30.0 Å². The molecular weight excluding hydrogens is 340 g/mol. The summed E-state index contributed by atoms with van der Waals surface area (Å²) in [6.07, 6.45) is 4.39. The van der Waals surface area contributed by atoms with Gasteiger partial charge < -0.3 is 4.74 Å². The highest BCUT2D eigenvalue weighted by molar-refractivity contribution is 9.10. The Bertz CT molecular complexity index is 845. The minimum absolute atomic E-state index is 0.579. The molecule has 2 aromatic carbocycles. The second-order valence-corrected chi connectivity index (χ2v) is 6.84. The molecule has 22 heavy (non-hydrogen) atoms. The summed E-state index contributed by atoms with van der Waals surface area (Å²) in [5, 5.41) is 5.64. The Morgan fingerprint density at radius 3 is 2.59 bits per heavy atom. The van der Waals surface area contributed by atoms with E-state index < -0.39 is 0 Å². The zero-order valence-corrected chi connectivity index (χ0v) is 14.2. The molecule has 3 nitrogen and oxygen atoms in total. The average Bonchev–Trinajstić information content (AvgIpc) is 3.25. The zero-order valence-electron chi connectivity index (χ0n) is 12.6. The first kappa shape index (κ1) is 13.8. The third-order valence-corrected chi connectivity index (χ3v) is 4.78. The molecule has 0 spiro atoms. The molecule has 1 heterocycles. The van der Waals surface area contributed by atoms with E-state index >= 15 is 0 Å². The summed E-state index contributed by atoms with van der Waals surface area (Å²) in [4.78, 5) is 0. The van der Waals surface area contributed by atoms with E-state index in [1.54, 1.807) is 0 Å². The summed E-state index contributed by atoms with van der Waals surface area (Å²) >= 11 is 3.65. The van der Waals surface area contributed by atoms with E-state index in [-0.39, 0.29) is 0 Å². The first-order valence-corrected chi connectivity index (χ1v) is 8.33. The first-order chi connectivity index (χ1) is 10.6. The van der Waals surface area contributed by atoms with Gasteiger partial charge in [0.05, 0.1) is 22.2 Å². The molecule has 112 valence electrons. The Balaban J connectivity index is 1.77. The summed E-state index contributed by atoms with van der Waals surface area (Å²) in [6.45, 7) is 4.14. The Kier molecular flexibility index (Phi) is 3.22. The van der Waals surface area contributed by atoms with Crippen molar-refractivity contribution in [1.82, 2.24) is 9.78 Å². The van der Waals surface area contributed by atoms with Crippen molar-refractivity contribution in [3.05, 3.63) is 52.1 Å². The maximum Gasteiger partial charge on any atom is 0.142 e. The first-order valence-electron chi connectivity index (χ1n) is 7.54. The van der Waals surface area contributed by atoms with Gasteiger partial charge in [-0.25, -0.2) is 0 Å². The summed E-state index contributed by atoms with van der Waals surface area (Å²) in [5.41, 5.74) is 3.45. The van der Waals surface area contributed by atoms with E-state index in [1.165, 1.54) is 18.4 Å². The molecule has 1 saturated carbocycles. The van der Waals surface area contributed by atoms with Crippen molar-refractivity contribution in [1.29, 1.82) is 0 Å². The molecule has 0 atom stereocenters. The number of aromatic nitrogens is 2. The number of benzene rings is 2. The number of aryl methyl sites for hydroxylation is 2. The number of para-hydroxylation sites is 1. The average molecular weight is 357 g/mol. The lowest BCUT2D eigenvalue weighted by molar-refractivity contribution is 0.473. The van der Waals surface area contributed by atoms with Gasteiger partial charge in [0.1, 0.15) is 11.5 Å². The van der Waals surface area contributed by atoms with Crippen molar-refractivity contribution in [3.8, 4) is 11.5 Å². The Morgan fingerprint density at radius 1 is 1.18 bits per heavy atom. The molecule has 1 aromatic heterocycles. The Hall–Kier alpha value is -1.81. The molecule has 4 rings (SSSR count). The molecule has 0 bridgehead atoms. The van der Waals surface area contributed by atoms with Crippen LogP contribution in [0.5, 0.6) is 11.5 Å². The molecule has 3 aromatic rings. The second kappa shape index (κ2) is 5.13. The summed E-state index contributed by atoms with van der Waals surface area (Å²) in [5.74, 6) is 1.76. The molecule has 1 aliphatic carbocycles. The summed E-state index contributed by atoms with van der Waals surface area (Å²) in [6, 6.07) is 10.9. The van der Waals surface area contributed by atoms with Gasteiger partial charge in [0.15, 0.2) is 0 Å². The van der Waals surface area contributed by atoms with Crippen molar-refractivity contribution in [2.24, 2.45) is 0 Å². The number of fused-ring (bicyclic) bond motifs is 1. The van der Waals surface area contributed by atoms with Gasteiger partial charge in [-0.05, 0) is 65.9 Å². The molecule has 4 heteroatoms. The Labute approximate surface area is 138 Å². The lowest BCUT2D eigenvalue weighted by Gasteiger charge is -2.13. The number of hydrogen-bond donors (Lipinski definition) is 0. The van der Waals surface area contributed by atoms with Gasteiger partial charge in [0.2, 0.25) is 0 Å². The molecular formula is C18H17BrN2O. The van der Waals surface area contributed by atoms with Crippen LogP contribution in [0.15, 0.2) is 41.0 Å². The topological polar surface area (TPSA) is 27.1 Å². The predicted molar refractivity (Wildman–Crippen MR) is 91.7 cm³/mol. The van der Waals surface area contributed by atoms with Gasteiger partial charge in [0.25, 0.3) is 0 Å². The van der Waals surface area contributed by atoms with Crippen molar-refractivity contribution < 1.29 is 4.74 Å². The number of ether oxygens (including phenoxy) is 1. The maximum absolute atomic E-state index is 6.18. The molecule has 1 fully saturated rings. The van der Waals surface area contributed by atoms with Crippen LogP contribution in [0.2, 0.25) is 0 Å². The fourth-order valence-corrected chi connectivity index (χ4v) is 3.22. The minimum Gasteiger partial charge on any atom is -0.456 e. The highest BCUT2D eigenvalue weighted by Gasteiger charge is 2.26. The van der Waals surface area contributed by atoms with Crippen LogP contribution < -0.4 is 4.74 Å². The Morgan fingerprint density at radius 2 is 1.91 bits per heavy atom. The van der Waals surface area contributed by atoms with Gasteiger partial charge in [-0.2, -0.15) is 5.10 Å². The largest absolute Gasteiger partial charge is 0.456 e. The third-order valence-electron chi connectivity index (χ3n) is 4.16. The highest BCUT2D eigenvalue weighted by atomic mass is 79.9. The van der Waals surface area contributed by atoms with E-state index in [4.69, 9.17) is 4.74 Å². The molecule has 0 amide bonds. The van der Waals surface area contributed by atoms with E-state index in [0.717, 1.165) is 32.5 Å². The molecule has 0 aliphatic heterocycles. The SMILES string of the molecule is Cc1cccc(C)c1Oc1cc2cnn(C3CC3)c2cc1Br. The van der Waals surface area contributed by atoms with Crippen LogP contribution in [-0.2, 0) is 0 Å². The normalized spacial score (nSPS) is 14.5. The van der Waals surface area contributed by atoms with Crippen molar-refractivity contribution in [2.45, 2.75) is 32.7 Å². The van der Waals surface area contributed by atoms with Crippen LogP contribution in [0, 0.1) is 13.8 Å². The van der Waals surface area contributed by atoms with E-state index in [1.807, 2.05) is 6.20 Å². The lowest BCUT2D eigenvalue weighted by atomic mass is 10.1.